The molecule has 0 heterocycles. The van der Waals surface area contributed by atoms with E-state index in [0.717, 1.165) is 0 Å². The van der Waals surface area contributed by atoms with Crippen LogP contribution in [0, 0.1) is 5.92 Å². The lowest BCUT2D eigenvalue weighted by Gasteiger charge is -2.31. The molecule has 2 amide bonds. The maximum atomic E-state index is 11.4. The molecule has 0 aromatic heterocycles. The van der Waals surface area contributed by atoms with Crippen molar-refractivity contribution in [2.24, 2.45) is 5.92 Å². The fourth-order valence-electron chi connectivity index (χ4n) is 1.71. The van der Waals surface area contributed by atoms with E-state index in [1.54, 1.807) is 0 Å². The van der Waals surface area contributed by atoms with Gasteiger partial charge in [0.2, 0.25) is 0 Å². The van der Waals surface area contributed by atoms with Crippen LogP contribution in [0.15, 0.2) is 0 Å². The van der Waals surface area contributed by atoms with Crippen molar-refractivity contribution in [2.45, 2.75) is 32.2 Å². The number of carboxylic acids is 1. The maximum absolute atomic E-state index is 11.4. The van der Waals surface area contributed by atoms with Crippen LogP contribution in [-0.4, -0.2) is 42.9 Å². The third kappa shape index (κ3) is 5.53. The lowest BCUT2D eigenvalue weighted by Crippen LogP contribution is -2.46. The summed E-state index contributed by atoms with van der Waals surface area (Å²) in [6, 6.07) is -0.0213. The number of hydrogen-bond donors (Lipinski definition) is 3. The molecule has 1 saturated carbocycles. The van der Waals surface area contributed by atoms with Crippen molar-refractivity contribution in [3.8, 4) is 0 Å². The van der Waals surface area contributed by atoms with Crippen molar-refractivity contribution in [1.82, 2.24) is 10.6 Å². The van der Waals surface area contributed by atoms with E-state index in [1.807, 2.05) is 6.92 Å². The van der Waals surface area contributed by atoms with Gasteiger partial charge in [-0.05, 0) is 25.7 Å². The van der Waals surface area contributed by atoms with Gasteiger partial charge in [-0.25, -0.2) is 9.59 Å². The zero-order chi connectivity index (χ0) is 12.7. The van der Waals surface area contributed by atoms with E-state index in [4.69, 9.17) is 9.84 Å². The number of aliphatic carboxylic acids is 1. The highest BCUT2D eigenvalue weighted by molar-refractivity contribution is 5.74. The molecule has 6 heteroatoms. The minimum Gasteiger partial charge on any atom is -0.480 e. The summed E-state index contributed by atoms with van der Waals surface area (Å²) in [5, 5.41) is 13.8. The molecule has 0 aliphatic heterocycles. The summed E-state index contributed by atoms with van der Waals surface area (Å²) >= 11 is 0. The molecular weight excluding hydrogens is 224 g/mol. The fraction of sp³-hybridized carbons (Fsp3) is 0.818. The normalized spacial score (nSPS) is 17.0. The summed E-state index contributed by atoms with van der Waals surface area (Å²) < 4.78 is 4.79. The van der Waals surface area contributed by atoms with Crippen LogP contribution in [0.1, 0.15) is 26.2 Å². The second-order valence-corrected chi connectivity index (χ2v) is 4.33. The second kappa shape index (κ2) is 7.11. The number of carboxylic acid groups (broad SMARTS) is 1. The quantitative estimate of drug-likeness (QED) is 0.571. The topological polar surface area (TPSA) is 87.7 Å². The Bertz CT molecular complexity index is 266. The largest absolute Gasteiger partial charge is 0.480 e. The minimum atomic E-state index is -1.01. The van der Waals surface area contributed by atoms with Gasteiger partial charge in [-0.15, -0.1) is 0 Å². The zero-order valence-electron chi connectivity index (χ0n) is 10.1. The zero-order valence-corrected chi connectivity index (χ0v) is 10.1. The van der Waals surface area contributed by atoms with Gasteiger partial charge in [-0.3, -0.25) is 0 Å². The monoisotopic (exact) mass is 244 g/mol. The molecule has 1 unspecified atom stereocenters. The average molecular weight is 244 g/mol. The molecule has 3 N–H and O–H groups in total. The molecule has 0 spiro atoms. The summed E-state index contributed by atoms with van der Waals surface area (Å²) in [5.41, 5.74) is 0. The van der Waals surface area contributed by atoms with Crippen molar-refractivity contribution >= 4 is 12.0 Å². The van der Waals surface area contributed by atoms with Crippen LogP contribution in [0.5, 0.6) is 0 Å². The van der Waals surface area contributed by atoms with Crippen molar-refractivity contribution in [3.05, 3.63) is 0 Å². The Morgan fingerprint density at radius 1 is 1.47 bits per heavy atom. The first-order chi connectivity index (χ1) is 8.09. The van der Waals surface area contributed by atoms with Gasteiger partial charge in [0.25, 0.3) is 0 Å². The number of carbonyl (C=O) groups is 2. The molecule has 1 aliphatic carbocycles. The molecule has 1 fully saturated rings. The molecular formula is C11H20N2O4. The van der Waals surface area contributed by atoms with E-state index in [-0.39, 0.29) is 25.3 Å². The Morgan fingerprint density at radius 3 is 2.71 bits per heavy atom. The number of ether oxygens (including phenoxy) is 1. The maximum Gasteiger partial charge on any atom is 0.329 e. The van der Waals surface area contributed by atoms with Gasteiger partial charge in [0, 0.05) is 12.6 Å². The lowest BCUT2D eigenvalue weighted by atomic mass is 9.80. The van der Waals surface area contributed by atoms with E-state index >= 15 is 0 Å². The third-order valence-corrected chi connectivity index (χ3v) is 2.97. The molecule has 0 aromatic carbocycles. The molecule has 1 atom stereocenters. The van der Waals surface area contributed by atoms with Crippen LogP contribution < -0.4 is 10.6 Å². The number of nitrogens with one attached hydrogen (secondary N) is 2. The summed E-state index contributed by atoms with van der Waals surface area (Å²) in [7, 11) is 0. The first-order valence-corrected chi connectivity index (χ1v) is 5.93. The molecule has 1 rings (SSSR count). The number of rotatable bonds is 7. The highest BCUT2D eigenvalue weighted by Crippen LogP contribution is 2.29. The van der Waals surface area contributed by atoms with Gasteiger partial charge in [-0.1, -0.05) is 6.42 Å². The van der Waals surface area contributed by atoms with Gasteiger partial charge < -0.3 is 20.5 Å². The summed E-state index contributed by atoms with van der Waals surface area (Å²) in [4.78, 5) is 21.5. The number of hydrogen-bond acceptors (Lipinski definition) is 3. The Hall–Kier alpha value is -1.30. The highest BCUT2D eigenvalue weighted by atomic mass is 16.5. The Labute approximate surface area is 101 Å². The van der Waals surface area contributed by atoms with Gasteiger partial charge in [0.15, 0.2) is 0 Å². The molecule has 0 radical (unpaired) electrons. The van der Waals surface area contributed by atoms with E-state index in [2.05, 4.69) is 10.6 Å². The van der Waals surface area contributed by atoms with E-state index in [1.165, 1.54) is 19.3 Å². The Kier molecular flexibility index (Phi) is 5.76. The van der Waals surface area contributed by atoms with Crippen LogP contribution in [0.3, 0.4) is 0 Å². The molecule has 0 bridgehead atoms. The van der Waals surface area contributed by atoms with Gasteiger partial charge >= 0.3 is 12.0 Å². The van der Waals surface area contributed by atoms with Crippen LogP contribution >= 0.6 is 0 Å². The predicted molar refractivity (Wildman–Crippen MR) is 61.8 cm³/mol. The standard InChI is InChI=1S/C11H20N2O4/c1-8(9-3-2-4-9)13-11(16)12-5-6-17-7-10(14)15/h8-9H,2-7H2,1H3,(H,14,15)(H2,12,13,16). The molecule has 0 saturated heterocycles. The van der Waals surface area contributed by atoms with E-state index in [0.29, 0.717) is 12.5 Å². The SMILES string of the molecule is CC(NC(=O)NCCOCC(=O)O)C1CCC1. The fourth-order valence-corrected chi connectivity index (χ4v) is 1.71. The van der Waals surface area contributed by atoms with E-state index < -0.39 is 5.97 Å². The molecule has 6 nitrogen and oxygen atoms in total. The number of amides is 2. The molecule has 17 heavy (non-hydrogen) atoms. The lowest BCUT2D eigenvalue weighted by molar-refractivity contribution is -0.142. The smallest absolute Gasteiger partial charge is 0.329 e. The number of carbonyl (C=O) groups excluding carboxylic acids is 1. The van der Waals surface area contributed by atoms with Crippen LogP contribution in [-0.2, 0) is 9.53 Å². The van der Waals surface area contributed by atoms with Crippen molar-refractivity contribution < 1.29 is 19.4 Å². The van der Waals surface area contributed by atoms with Crippen molar-refractivity contribution in [1.29, 1.82) is 0 Å². The van der Waals surface area contributed by atoms with Crippen molar-refractivity contribution in [2.75, 3.05) is 19.8 Å². The Morgan fingerprint density at radius 2 is 2.18 bits per heavy atom. The first kappa shape index (κ1) is 13.8. The van der Waals surface area contributed by atoms with Crippen LogP contribution in [0.4, 0.5) is 4.79 Å². The van der Waals surface area contributed by atoms with Crippen LogP contribution in [0.2, 0.25) is 0 Å². The van der Waals surface area contributed by atoms with E-state index in [9.17, 15) is 9.59 Å². The van der Waals surface area contributed by atoms with Gasteiger partial charge in [0.05, 0.1) is 6.61 Å². The highest BCUT2D eigenvalue weighted by Gasteiger charge is 2.24. The average Bonchev–Trinajstić information content (AvgIpc) is 2.13. The third-order valence-electron chi connectivity index (χ3n) is 2.97. The molecule has 1 aliphatic rings. The first-order valence-electron chi connectivity index (χ1n) is 5.93. The van der Waals surface area contributed by atoms with Crippen molar-refractivity contribution in [3.63, 3.8) is 0 Å². The summed E-state index contributed by atoms with van der Waals surface area (Å²) in [6.45, 7) is 2.19. The second-order valence-electron chi connectivity index (χ2n) is 4.33. The predicted octanol–water partition coefficient (Wildman–Crippen LogP) is 0.575. The van der Waals surface area contributed by atoms with Gasteiger partial charge in [0.1, 0.15) is 6.61 Å². The summed E-state index contributed by atoms with van der Waals surface area (Å²) in [5.74, 6) is -0.405. The molecule has 98 valence electrons. The number of urea groups is 1. The Balaban J connectivity index is 1.98. The minimum absolute atomic E-state index is 0.198. The van der Waals surface area contributed by atoms with Crippen LogP contribution in [0.25, 0.3) is 0 Å². The van der Waals surface area contributed by atoms with Gasteiger partial charge in [-0.2, -0.15) is 0 Å². The summed E-state index contributed by atoms with van der Waals surface area (Å²) in [6.07, 6.45) is 3.62. The molecule has 0 aromatic rings.